The third-order valence-electron chi connectivity index (χ3n) is 3.07. The molecule has 1 unspecified atom stereocenters. The highest BCUT2D eigenvalue weighted by atomic mass is 16.5. The summed E-state index contributed by atoms with van der Waals surface area (Å²) in [6.45, 7) is 2.11. The number of nitrogens with one attached hydrogen (secondary N) is 1. The molecule has 0 saturated heterocycles. The Hall–Kier alpha value is -2.50. The smallest absolute Gasteiger partial charge is 0.334 e. The minimum Gasteiger partial charge on any atom is -0.497 e. The molecule has 1 aromatic heterocycles. The van der Waals surface area contributed by atoms with E-state index in [9.17, 15) is 4.79 Å². The number of rotatable bonds is 6. The molecular weight excluding hydrogens is 270 g/mol. The summed E-state index contributed by atoms with van der Waals surface area (Å²) in [4.78, 5) is 16.2. The van der Waals surface area contributed by atoms with Crippen LogP contribution >= 0.6 is 0 Å². The molecule has 6 nitrogen and oxygen atoms in total. The van der Waals surface area contributed by atoms with Gasteiger partial charge in [-0.05, 0) is 31.2 Å². The molecule has 21 heavy (non-hydrogen) atoms. The van der Waals surface area contributed by atoms with Gasteiger partial charge in [0.05, 0.1) is 31.9 Å². The van der Waals surface area contributed by atoms with Gasteiger partial charge >= 0.3 is 5.97 Å². The Morgan fingerprint density at radius 2 is 2.10 bits per heavy atom. The maximum absolute atomic E-state index is 12.2. The number of carbonyl (C=O) groups is 1. The highest BCUT2D eigenvalue weighted by Gasteiger charge is 2.24. The van der Waals surface area contributed by atoms with Gasteiger partial charge in [0, 0.05) is 12.7 Å². The Kier molecular flexibility index (Phi) is 4.81. The molecule has 1 atom stereocenters. The lowest BCUT2D eigenvalue weighted by molar-refractivity contribution is -0.144. The van der Waals surface area contributed by atoms with Crippen molar-refractivity contribution >= 4 is 11.7 Å². The van der Waals surface area contributed by atoms with E-state index >= 15 is 0 Å². The number of imidazole rings is 1. The number of hydrogen-bond donors (Lipinski definition) is 1. The van der Waals surface area contributed by atoms with Crippen molar-refractivity contribution in [3.63, 3.8) is 0 Å². The maximum atomic E-state index is 12.2. The lowest BCUT2D eigenvalue weighted by Crippen LogP contribution is -2.25. The molecule has 2 aromatic rings. The first-order valence-electron chi connectivity index (χ1n) is 6.69. The molecule has 0 aliphatic heterocycles. The fourth-order valence-electron chi connectivity index (χ4n) is 1.98. The van der Waals surface area contributed by atoms with Crippen LogP contribution in [0.25, 0.3) is 0 Å². The van der Waals surface area contributed by atoms with E-state index in [0.29, 0.717) is 6.61 Å². The molecule has 0 radical (unpaired) electrons. The van der Waals surface area contributed by atoms with Crippen LogP contribution in [0.4, 0.5) is 5.69 Å². The highest BCUT2D eigenvalue weighted by molar-refractivity contribution is 5.80. The number of benzene rings is 1. The molecule has 1 N–H and O–H groups in total. The summed E-state index contributed by atoms with van der Waals surface area (Å²) < 4.78 is 12.0. The number of aromatic nitrogens is 2. The highest BCUT2D eigenvalue weighted by Crippen LogP contribution is 2.22. The second-order valence-corrected chi connectivity index (χ2v) is 4.49. The van der Waals surface area contributed by atoms with E-state index in [1.807, 2.05) is 31.3 Å². The average molecular weight is 289 g/mol. The third-order valence-corrected chi connectivity index (χ3v) is 3.07. The largest absolute Gasteiger partial charge is 0.497 e. The first-order chi connectivity index (χ1) is 10.2. The SMILES string of the molecule is CCOC(=O)C(Nc1ccc(OC)cc1)c1cncn1C. The Morgan fingerprint density at radius 3 is 2.62 bits per heavy atom. The molecule has 0 saturated carbocycles. The van der Waals surface area contributed by atoms with Gasteiger partial charge < -0.3 is 19.4 Å². The van der Waals surface area contributed by atoms with Gasteiger partial charge in [0.2, 0.25) is 0 Å². The van der Waals surface area contributed by atoms with Crippen molar-refractivity contribution in [3.05, 3.63) is 42.5 Å². The minimum absolute atomic E-state index is 0.331. The third kappa shape index (κ3) is 3.53. The molecule has 1 heterocycles. The topological polar surface area (TPSA) is 65.4 Å². The van der Waals surface area contributed by atoms with E-state index in [4.69, 9.17) is 9.47 Å². The minimum atomic E-state index is -0.606. The van der Waals surface area contributed by atoms with Crippen molar-refractivity contribution < 1.29 is 14.3 Å². The van der Waals surface area contributed by atoms with Crippen LogP contribution in [0.1, 0.15) is 18.7 Å². The molecule has 1 aromatic carbocycles. The van der Waals surface area contributed by atoms with E-state index in [1.54, 1.807) is 31.1 Å². The predicted octanol–water partition coefficient (Wildman–Crippen LogP) is 2.14. The summed E-state index contributed by atoms with van der Waals surface area (Å²) >= 11 is 0. The number of hydrogen-bond acceptors (Lipinski definition) is 5. The van der Waals surface area contributed by atoms with Crippen LogP contribution in [0, 0.1) is 0 Å². The molecule has 0 spiro atoms. The summed E-state index contributed by atoms with van der Waals surface area (Å²) in [5.74, 6) is 0.422. The van der Waals surface area contributed by atoms with Gasteiger partial charge in [0.1, 0.15) is 5.75 Å². The number of nitrogens with zero attached hydrogens (tertiary/aromatic N) is 2. The molecule has 0 aliphatic carbocycles. The number of methoxy groups -OCH3 is 1. The zero-order valence-corrected chi connectivity index (χ0v) is 12.4. The summed E-state index contributed by atoms with van der Waals surface area (Å²) in [6, 6.07) is 6.75. The van der Waals surface area contributed by atoms with Crippen LogP contribution in [-0.4, -0.2) is 29.2 Å². The fraction of sp³-hybridized carbons (Fsp3) is 0.333. The number of ether oxygens (including phenoxy) is 2. The van der Waals surface area contributed by atoms with Crippen LogP contribution in [-0.2, 0) is 16.6 Å². The first kappa shape index (κ1) is 14.9. The monoisotopic (exact) mass is 289 g/mol. The Balaban J connectivity index is 2.23. The van der Waals surface area contributed by atoms with E-state index in [0.717, 1.165) is 17.1 Å². The molecule has 0 amide bonds. The van der Waals surface area contributed by atoms with Gasteiger partial charge in [-0.1, -0.05) is 0 Å². The van der Waals surface area contributed by atoms with Crippen LogP contribution < -0.4 is 10.1 Å². The fourth-order valence-corrected chi connectivity index (χ4v) is 1.98. The number of carbonyl (C=O) groups excluding carboxylic acids is 1. The number of esters is 1. The van der Waals surface area contributed by atoms with Gasteiger partial charge in [-0.15, -0.1) is 0 Å². The summed E-state index contributed by atoms with van der Waals surface area (Å²) in [6.07, 6.45) is 3.30. The van der Waals surface area contributed by atoms with E-state index in [2.05, 4.69) is 10.3 Å². The van der Waals surface area contributed by atoms with Crippen LogP contribution in [0.2, 0.25) is 0 Å². The average Bonchev–Trinajstić information content (AvgIpc) is 2.91. The maximum Gasteiger partial charge on any atom is 0.334 e. The zero-order valence-electron chi connectivity index (χ0n) is 12.4. The Bertz CT molecular complexity index is 592. The molecule has 0 aliphatic rings. The molecular formula is C15H19N3O3. The number of aryl methyl sites for hydroxylation is 1. The first-order valence-corrected chi connectivity index (χ1v) is 6.69. The molecule has 2 rings (SSSR count). The predicted molar refractivity (Wildman–Crippen MR) is 79.2 cm³/mol. The standard InChI is InChI=1S/C15H19N3O3/c1-4-21-15(19)14(13-9-16-10-18(13)2)17-11-5-7-12(20-3)8-6-11/h5-10,14,17H,4H2,1-3H3. The van der Waals surface area contributed by atoms with E-state index in [1.165, 1.54) is 0 Å². The Labute approximate surface area is 123 Å². The molecule has 6 heteroatoms. The van der Waals surface area contributed by atoms with Gasteiger partial charge in [0.25, 0.3) is 0 Å². The van der Waals surface area contributed by atoms with Gasteiger partial charge in [-0.3, -0.25) is 0 Å². The summed E-state index contributed by atoms with van der Waals surface area (Å²) in [7, 11) is 3.45. The van der Waals surface area contributed by atoms with Gasteiger partial charge in [-0.2, -0.15) is 0 Å². The zero-order chi connectivity index (χ0) is 15.2. The second kappa shape index (κ2) is 6.78. The van der Waals surface area contributed by atoms with Crippen molar-refractivity contribution in [2.75, 3.05) is 19.0 Å². The van der Waals surface area contributed by atoms with E-state index < -0.39 is 6.04 Å². The van der Waals surface area contributed by atoms with Crippen LogP contribution in [0.5, 0.6) is 5.75 Å². The lowest BCUT2D eigenvalue weighted by atomic mass is 10.2. The van der Waals surface area contributed by atoms with Crippen molar-refractivity contribution in [2.45, 2.75) is 13.0 Å². The van der Waals surface area contributed by atoms with E-state index in [-0.39, 0.29) is 5.97 Å². The lowest BCUT2D eigenvalue weighted by Gasteiger charge is -2.19. The van der Waals surface area contributed by atoms with Gasteiger partial charge in [0.15, 0.2) is 6.04 Å². The molecule has 112 valence electrons. The summed E-state index contributed by atoms with van der Waals surface area (Å²) in [5, 5.41) is 3.17. The molecule has 0 fully saturated rings. The van der Waals surface area contributed by atoms with Crippen molar-refractivity contribution in [3.8, 4) is 5.75 Å². The van der Waals surface area contributed by atoms with Crippen LogP contribution in [0.15, 0.2) is 36.8 Å². The van der Waals surface area contributed by atoms with Crippen LogP contribution in [0.3, 0.4) is 0 Å². The Morgan fingerprint density at radius 1 is 1.38 bits per heavy atom. The number of anilines is 1. The second-order valence-electron chi connectivity index (χ2n) is 4.49. The normalized spacial score (nSPS) is 11.8. The summed E-state index contributed by atoms with van der Waals surface area (Å²) in [5.41, 5.74) is 1.54. The van der Waals surface area contributed by atoms with Crippen molar-refractivity contribution in [1.29, 1.82) is 0 Å². The quantitative estimate of drug-likeness (QED) is 0.825. The van der Waals surface area contributed by atoms with Crippen molar-refractivity contribution in [2.24, 2.45) is 7.05 Å². The van der Waals surface area contributed by atoms with Gasteiger partial charge in [-0.25, -0.2) is 9.78 Å². The van der Waals surface area contributed by atoms with Crippen molar-refractivity contribution in [1.82, 2.24) is 9.55 Å². The molecule has 0 bridgehead atoms.